The molecular weight excluding hydrogens is 368 g/mol. The average molecular weight is 397 g/mol. The van der Waals surface area contributed by atoms with E-state index in [1.54, 1.807) is 11.8 Å². The maximum absolute atomic E-state index is 12.3. The van der Waals surface area contributed by atoms with E-state index in [0.29, 0.717) is 18.5 Å². The Bertz CT molecular complexity index is 754. The number of benzene rings is 2. The van der Waals surface area contributed by atoms with Crippen LogP contribution in [0.1, 0.15) is 48.0 Å². The number of thioether (sulfide) groups is 1. The van der Waals surface area contributed by atoms with E-state index in [2.05, 4.69) is 17.4 Å². The van der Waals surface area contributed by atoms with Gasteiger partial charge in [-0.15, -0.1) is 11.8 Å². The molecule has 0 radical (unpaired) electrons. The Labute approximate surface area is 171 Å². The number of amides is 2. The largest absolute Gasteiger partial charge is 0.352 e. The molecule has 2 amide bonds. The van der Waals surface area contributed by atoms with Crippen molar-refractivity contribution in [3.63, 3.8) is 0 Å². The zero-order chi connectivity index (χ0) is 19.6. The van der Waals surface area contributed by atoms with Gasteiger partial charge in [0.15, 0.2) is 0 Å². The van der Waals surface area contributed by atoms with Crippen LogP contribution < -0.4 is 5.32 Å². The molecule has 0 unspecified atom stereocenters. The van der Waals surface area contributed by atoms with Gasteiger partial charge in [0.1, 0.15) is 0 Å². The lowest BCUT2D eigenvalue weighted by Gasteiger charge is -2.20. The van der Waals surface area contributed by atoms with Crippen LogP contribution in [0, 0.1) is 0 Å². The Kier molecular flexibility index (Phi) is 7.97. The molecule has 0 aromatic heterocycles. The van der Waals surface area contributed by atoms with Crippen LogP contribution in [0.25, 0.3) is 0 Å². The molecular formula is C23H28N2O2S. The van der Waals surface area contributed by atoms with Gasteiger partial charge in [-0.25, -0.2) is 0 Å². The maximum Gasteiger partial charge on any atom is 0.251 e. The van der Waals surface area contributed by atoms with Crippen LogP contribution in [0.2, 0.25) is 0 Å². The fourth-order valence-corrected chi connectivity index (χ4v) is 4.16. The van der Waals surface area contributed by atoms with Crippen LogP contribution in [0.15, 0.2) is 59.5 Å². The van der Waals surface area contributed by atoms with Crippen LogP contribution in [0.3, 0.4) is 0 Å². The number of hydrogen-bond acceptors (Lipinski definition) is 3. The lowest BCUT2D eigenvalue weighted by atomic mass is 10.2. The van der Waals surface area contributed by atoms with Crippen molar-refractivity contribution < 1.29 is 9.59 Å². The molecule has 1 fully saturated rings. The van der Waals surface area contributed by atoms with E-state index in [1.807, 2.05) is 47.4 Å². The van der Waals surface area contributed by atoms with E-state index < -0.39 is 0 Å². The molecule has 3 rings (SSSR count). The number of carbonyl (C=O) groups is 2. The van der Waals surface area contributed by atoms with E-state index >= 15 is 0 Å². The quantitative estimate of drug-likeness (QED) is 0.701. The molecule has 0 bridgehead atoms. The lowest BCUT2D eigenvalue weighted by Crippen LogP contribution is -2.35. The van der Waals surface area contributed by atoms with Crippen molar-refractivity contribution in [3.05, 3.63) is 65.7 Å². The van der Waals surface area contributed by atoms with E-state index in [1.165, 1.54) is 18.4 Å². The summed E-state index contributed by atoms with van der Waals surface area (Å²) in [5.41, 5.74) is 1.91. The first kappa shape index (κ1) is 20.5. The Morgan fingerprint density at radius 2 is 1.57 bits per heavy atom. The third-order valence-electron chi connectivity index (χ3n) is 4.95. The van der Waals surface area contributed by atoms with Gasteiger partial charge in [-0.05, 0) is 42.7 Å². The maximum atomic E-state index is 12.3. The molecule has 0 spiro atoms. The monoisotopic (exact) mass is 396 g/mol. The Morgan fingerprint density at radius 3 is 2.25 bits per heavy atom. The van der Waals surface area contributed by atoms with Gasteiger partial charge in [0, 0.05) is 42.3 Å². The third kappa shape index (κ3) is 6.41. The van der Waals surface area contributed by atoms with Gasteiger partial charge in [0.05, 0.1) is 0 Å². The Morgan fingerprint density at radius 1 is 0.893 bits per heavy atom. The molecule has 4 nitrogen and oxygen atoms in total. The molecule has 0 saturated carbocycles. The third-order valence-corrected chi connectivity index (χ3v) is 6.03. The van der Waals surface area contributed by atoms with Crippen LogP contribution in [-0.2, 0) is 10.5 Å². The summed E-state index contributed by atoms with van der Waals surface area (Å²) < 4.78 is 0. The number of nitrogens with one attached hydrogen (secondary N) is 1. The highest BCUT2D eigenvalue weighted by molar-refractivity contribution is 7.98. The number of likely N-dealkylation sites (tertiary alicyclic amines) is 1. The van der Waals surface area contributed by atoms with Gasteiger partial charge in [0.2, 0.25) is 5.91 Å². The van der Waals surface area contributed by atoms with Crippen molar-refractivity contribution in [1.82, 2.24) is 10.2 Å². The Hall–Kier alpha value is -2.27. The van der Waals surface area contributed by atoms with Crippen molar-refractivity contribution in [1.29, 1.82) is 0 Å². The normalized spacial score (nSPS) is 14.4. The number of carbonyl (C=O) groups excluding carboxylic acids is 2. The topological polar surface area (TPSA) is 49.4 Å². The predicted molar refractivity (Wildman–Crippen MR) is 114 cm³/mol. The molecule has 1 aliphatic rings. The minimum Gasteiger partial charge on any atom is -0.352 e. The van der Waals surface area contributed by atoms with Crippen molar-refractivity contribution >= 4 is 23.6 Å². The zero-order valence-electron chi connectivity index (χ0n) is 16.2. The van der Waals surface area contributed by atoms with Gasteiger partial charge >= 0.3 is 0 Å². The number of nitrogens with zero attached hydrogens (tertiary/aromatic N) is 1. The number of rotatable bonds is 7. The first-order valence-electron chi connectivity index (χ1n) is 10.0. The standard InChI is InChI=1S/C23H28N2O2S/c26-22(25-16-6-1-2-7-17-25)14-15-24-23(27)20-10-12-21(13-11-20)28-18-19-8-4-3-5-9-19/h3-5,8-13H,1-2,6-7,14-18H2,(H,24,27). The predicted octanol–water partition coefficient (Wildman–Crippen LogP) is 4.50. The van der Waals surface area contributed by atoms with E-state index in [0.717, 1.165) is 36.6 Å². The van der Waals surface area contributed by atoms with Gasteiger partial charge in [-0.3, -0.25) is 9.59 Å². The molecule has 0 atom stereocenters. The van der Waals surface area contributed by atoms with Crippen LogP contribution >= 0.6 is 11.8 Å². The molecule has 0 aliphatic carbocycles. The summed E-state index contributed by atoms with van der Waals surface area (Å²) in [5.74, 6) is 0.934. The van der Waals surface area contributed by atoms with Crippen LogP contribution in [0.4, 0.5) is 0 Å². The average Bonchev–Trinajstić information content (AvgIpc) is 3.03. The van der Waals surface area contributed by atoms with Gasteiger partial charge < -0.3 is 10.2 Å². The molecule has 148 valence electrons. The van der Waals surface area contributed by atoms with Gasteiger partial charge in [-0.2, -0.15) is 0 Å². The molecule has 2 aromatic rings. The van der Waals surface area contributed by atoms with Crippen molar-refractivity contribution in [2.75, 3.05) is 19.6 Å². The van der Waals surface area contributed by atoms with E-state index in [9.17, 15) is 9.59 Å². The minimum absolute atomic E-state index is 0.122. The number of hydrogen-bond donors (Lipinski definition) is 1. The first-order valence-corrected chi connectivity index (χ1v) is 11.0. The molecule has 1 N–H and O–H groups in total. The van der Waals surface area contributed by atoms with Crippen molar-refractivity contribution in [3.8, 4) is 0 Å². The molecule has 5 heteroatoms. The summed E-state index contributed by atoms with van der Waals surface area (Å²) in [6, 6.07) is 18.0. The van der Waals surface area contributed by atoms with E-state index in [4.69, 9.17) is 0 Å². The molecule has 28 heavy (non-hydrogen) atoms. The fraction of sp³-hybridized carbons (Fsp3) is 0.391. The summed E-state index contributed by atoms with van der Waals surface area (Å²) in [6.07, 6.45) is 4.97. The van der Waals surface area contributed by atoms with Crippen molar-refractivity contribution in [2.24, 2.45) is 0 Å². The highest BCUT2D eigenvalue weighted by atomic mass is 32.2. The van der Waals surface area contributed by atoms with Crippen LogP contribution in [0.5, 0.6) is 0 Å². The second kappa shape index (κ2) is 10.9. The highest BCUT2D eigenvalue weighted by Crippen LogP contribution is 2.23. The minimum atomic E-state index is -0.122. The van der Waals surface area contributed by atoms with Gasteiger partial charge in [0.25, 0.3) is 5.91 Å². The second-order valence-electron chi connectivity index (χ2n) is 7.10. The Balaban J connectivity index is 1.41. The second-order valence-corrected chi connectivity index (χ2v) is 8.15. The van der Waals surface area contributed by atoms with Gasteiger partial charge in [-0.1, -0.05) is 43.2 Å². The highest BCUT2D eigenvalue weighted by Gasteiger charge is 2.15. The zero-order valence-corrected chi connectivity index (χ0v) is 17.0. The fourth-order valence-electron chi connectivity index (χ4n) is 3.31. The summed E-state index contributed by atoms with van der Waals surface area (Å²) in [4.78, 5) is 27.7. The summed E-state index contributed by atoms with van der Waals surface area (Å²) in [5, 5.41) is 2.87. The molecule has 1 heterocycles. The summed E-state index contributed by atoms with van der Waals surface area (Å²) >= 11 is 1.75. The molecule has 1 saturated heterocycles. The van der Waals surface area contributed by atoms with Crippen LogP contribution in [-0.4, -0.2) is 36.3 Å². The first-order chi connectivity index (χ1) is 13.7. The smallest absolute Gasteiger partial charge is 0.251 e. The van der Waals surface area contributed by atoms with E-state index in [-0.39, 0.29) is 11.8 Å². The van der Waals surface area contributed by atoms with Crippen molar-refractivity contribution in [2.45, 2.75) is 42.8 Å². The summed E-state index contributed by atoms with van der Waals surface area (Å²) in [6.45, 7) is 2.10. The summed E-state index contributed by atoms with van der Waals surface area (Å²) in [7, 11) is 0. The molecule has 1 aliphatic heterocycles. The molecule has 2 aromatic carbocycles. The lowest BCUT2D eigenvalue weighted by molar-refractivity contribution is -0.131. The SMILES string of the molecule is O=C(NCCC(=O)N1CCCCCC1)c1ccc(SCc2ccccc2)cc1.